The van der Waals surface area contributed by atoms with Crippen molar-refractivity contribution in [1.29, 1.82) is 0 Å². The maximum atomic E-state index is 12.5. The van der Waals surface area contributed by atoms with Crippen molar-refractivity contribution in [2.45, 2.75) is 13.8 Å². The molecule has 2 aromatic heterocycles. The Morgan fingerprint density at radius 2 is 2.24 bits per heavy atom. The minimum Gasteiger partial charge on any atom is -0.481 e. The summed E-state index contributed by atoms with van der Waals surface area (Å²) in [6, 6.07) is 4.84. The van der Waals surface area contributed by atoms with Crippen molar-refractivity contribution in [3.05, 3.63) is 41.9 Å². The average molecular weight is 289 g/mol. The molecule has 1 unspecified atom stereocenters. The fraction of sp³-hybridized carbons (Fsp3) is 0.286. The number of hydrogen-bond donors (Lipinski definition) is 1. The van der Waals surface area contributed by atoms with Crippen LogP contribution in [0.15, 0.2) is 35.1 Å². The number of aromatic nitrogens is 2. The Morgan fingerprint density at radius 3 is 2.76 bits per heavy atom. The molecule has 2 rings (SSSR count). The van der Waals surface area contributed by atoms with E-state index in [1.54, 1.807) is 31.3 Å². The molecule has 2 heterocycles. The quantitative estimate of drug-likeness (QED) is 0.900. The lowest BCUT2D eigenvalue weighted by molar-refractivity contribution is -0.140. The van der Waals surface area contributed by atoms with Gasteiger partial charge in [0.05, 0.1) is 11.5 Å². The molecule has 7 heteroatoms. The highest BCUT2D eigenvalue weighted by molar-refractivity contribution is 6.05. The molecule has 0 bridgehead atoms. The van der Waals surface area contributed by atoms with Crippen LogP contribution in [-0.2, 0) is 4.79 Å². The van der Waals surface area contributed by atoms with Gasteiger partial charge in [0.2, 0.25) is 0 Å². The smallest absolute Gasteiger partial charge is 0.308 e. The Morgan fingerprint density at radius 1 is 1.48 bits per heavy atom. The van der Waals surface area contributed by atoms with E-state index >= 15 is 0 Å². The normalized spacial score (nSPS) is 11.9. The molecule has 0 spiro atoms. The predicted octanol–water partition coefficient (Wildman–Crippen LogP) is 1.75. The van der Waals surface area contributed by atoms with Gasteiger partial charge in [-0.25, -0.2) is 0 Å². The SMILES string of the molecule is Cc1cc(N(CC(C)C(=O)O)C(=O)c2cccnc2)no1. The van der Waals surface area contributed by atoms with Crippen LogP contribution in [0.25, 0.3) is 0 Å². The van der Waals surface area contributed by atoms with Gasteiger partial charge in [0.1, 0.15) is 5.76 Å². The molecule has 0 aromatic carbocycles. The summed E-state index contributed by atoms with van der Waals surface area (Å²) < 4.78 is 4.97. The minimum absolute atomic E-state index is 0.00493. The molecular weight excluding hydrogens is 274 g/mol. The third-order valence-electron chi connectivity index (χ3n) is 2.92. The van der Waals surface area contributed by atoms with Gasteiger partial charge in [-0.2, -0.15) is 0 Å². The van der Waals surface area contributed by atoms with Crippen LogP contribution in [0.2, 0.25) is 0 Å². The molecule has 1 N–H and O–H groups in total. The third kappa shape index (κ3) is 3.44. The number of carbonyl (C=O) groups excluding carboxylic acids is 1. The lowest BCUT2D eigenvalue weighted by Gasteiger charge is -2.21. The summed E-state index contributed by atoms with van der Waals surface area (Å²) in [5.74, 6) is -1.27. The number of carboxylic acids is 1. The van der Waals surface area contributed by atoms with E-state index in [1.165, 1.54) is 18.0 Å². The van der Waals surface area contributed by atoms with Crippen LogP contribution in [0.5, 0.6) is 0 Å². The summed E-state index contributed by atoms with van der Waals surface area (Å²) in [5, 5.41) is 12.8. The molecule has 0 aliphatic rings. The lowest BCUT2D eigenvalue weighted by Crippen LogP contribution is -2.37. The summed E-state index contributed by atoms with van der Waals surface area (Å²) in [4.78, 5) is 28.7. The van der Waals surface area contributed by atoms with Crippen LogP contribution < -0.4 is 4.90 Å². The second-order valence-corrected chi connectivity index (χ2v) is 4.69. The Balaban J connectivity index is 2.31. The molecule has 0 saturated heterocycles. The zero-order valence-corrected chi connectivity index (χ0v) is 11.7. The molecule has 2 aromatic rings. The Hall–Kier alpha value is -2.70. The van der Waals surface area contributed by atoms with Gasteiger partial charge in [0.15, 0.2) is 5.82 Å². The number of aryl methyl sites for hydroxylation is 1. The van der Waals surface area contributed by atoms with Crippen LogP contribution in [0, 0.1) is 12.8 Å². The largest absolute Gasteiger partial charge is 0.481 e. The van der Waals surface area contributed by atoms with E-state index in [9.17, 15) is 9.59 Å². The van der Waals surface area contributed by atoms with Crippen molar-refractivity contribution in [3.8, 4) is 0 Å². The zero-order valence-electron chi connectivity index (χ0n) is 11.7. The number of amides is 1. The number of hydrogen-bond acceptors (Lipinski definition) is 5. The van der Waals surface area contributed by atoms with E-state index in [-0.39, 0.29) is 18.3 Å². The van der Waals surface area contributed by atoms with Gasteiger partial charge in [-0.05, 0) is 19.1 Å². The molecule has 0 radical (unpaired) electrons. The second kappa shape index (κ2) is 6.17. The zero-order chi connectivity index (χ0) is 15.4. The van der Waals surface area contributed by atoms with Gasteiger partial charge in [-0.3, -0.25) is 19.5 Å². The Labute approximate surface area is 121 Å². The Bertz CT molecular complexity index is 639. The van der Waals surface area contributed by atoms with Crippen molar-refractivity contribution in [2.24, 2.45) is 5.92 Å². The molecule has 0 aliphatic heterocycles. The van der Waals surface area contributed by atoms with E-state index in [0.717, 1.165) is 0 Å². The lowest BCUT2D eigenvalue weighted by atomic mass is 10.1. The number of carbonyl (C=O) groups is 2. The van der Waals surface area contributed by atoms with Crippen molar-refractivity contribution in [1.82, 2.24) is 10.1 Å². The molecule has 110 valence electrons. The summed E-state index contributed by atoms with van der Waals surface area (Å²) in [7, 11) is 0. The summed E-state index contributed by atoms with van der Waals surface area (Å²) in [5.41, 5.74) is 0.357. The standard InChI is InChI=1S/C14H15N3O4/c1-9(14(19)20)8-17(12-6-10(2)21-16-12)13(18)11-4-3-5-15-7-11/h3-7,9H,8H2,1-2H3,(H,19,20). The van der Waals surface area contributed by atoms with E-state index in [1.807, 2.05) is 0 Å². The monoisotopic (exact) mass is 289 g/mol. The maximum absolute atomic E-state index is 12.5. The molecular formula is C14H15N3O4. The van der Waals surface area contributed by atoms with Crippen LogP contribution in [0.1, 0.15) is 23.0 Å². The highest BCUT2D eigenvalue weighted by Crippen LogP contribution is 2.18. The molecule has 1 amide bonds. The molecule has 0 saturated carbocycles. The van der Waals surface area contributed by atoms with Crippen LogP contribution in [-0.4, -0.2) is 33.7 Å². The molecule has 0 aliphatic carbocycles. The number of carboxylic acid groups (broad SMARTS) is 1. The van der Waals surface area contributed by atoms with Crippen molar-refractivity contribution >= 4 is 17.7 Å². The van der Waals surface area contributed by atoms with Crippen LogP contribution >= 0.6 is 0 Å². The van der Waals surface area contributed by atoms with Crippen molar-refractivity contribution in [2.75, 3.05) is 11.4 Å². The summed E-state index contributed by atoms with van der Waals surface area (Å²) in [6.45, 7) is 3.22. The molecule has 0 fully saturated rings. The first-order valence-corrected chi connectivity index (χ1v) is 6.37. The number of anilines is 1. The Kier molecular flexibility index (Phi) is 4.32. The fourth-order valence-electron chi connectivity index (χ4n) is 1.76. The minimum atomic E-state index is -0.987. The first kappa shape index (κ1) is 14.7. The maximum Gasteiger partial charge on any atom is 0.308 e. The van der Waals surface area contributed by atoms with Gasteiger partial charge >= 0.3 is 5.97 Å². The van der Waals surface area contributed by atoms with Gasteiger partial charge in [0, 0.05) is 25.0 Å². The molecule has 21 heavy (non-hydrogen) atoms. The topological polar surface area (TPSA) is 96.5 Å². The average Bonchev–Trinajstić information content (AvgIpc) is 2.91. The van der Waals surface area contributed by atoms with E-state index < -0.39 is 11.9 Å². The first-order chi connectivity index (χ1) is 9.99. The van der Waals surface area contributed by atoms with Gasteiger partial charge in [0.25, 0.3) is 5.91 Å². The van der Waals surface area contributed by atoms with Crippen LogP contribution in [0.3, 0.4) is 0 Å². The van der Waals surface area contributed by atoms with Gasteiger partial charge in [-0.15, -0.1) is 0 Å². The predicted molar refractivity (Wildman–Crippen MR) is 74.0 cm³/mol. The van der Waals surface area contributed by atoms with E-state index in [2.05, 4.69) is 10.1 Å². The van der Waals surface area contributed by atoms with E-state index in [0.29, 0.717) is 11.3 Å². The summed E-state index contributed by atoms with van der Waals surface area (Å²) in [6.07, 6.45) is 2.98. The number of nitrogens with zero attached hydrogens (tertiary/aromatic N) is 3. The first-order valence-electron chi connectivity index (χ1n) is 6.37. The number of rotatable bonds is 5. The van der Waals surface area contributed by atoms with Gasteiger partial charge < -0.3 is 9.63 Å². The van der Waals surface area contributed by atoms with E-state index in [4.69, 9.17) is 9.63 Å². The molecule has 1 atom stereocenters. The van der Waals surface area contributed by atoms with Crippen LogP contribution in [0.4, 0.5) is 5.82 Å². The van der Waals surface area contributed by atoms with Gasteiger partial charge in [-0.1, -0.05) is 12.1 Å². The third-order valence-corrected chi connectivity index (χ3v) is 2.92. The number of pyridine rings is 1. The molecule has 7 nitrogen and oxygen atoms in total. The highest BCUT2D eigenvalue weighted by Gasteiger charge is 2.25. The second-order valence-electron chi connectivity index (χ2n) is 4.69. The number of aliphatic carboxylic acids is 1. The summed E-state index contributed by atoms with van der Waals surface area (Å²) >= 11 is 0. The highest BCUT2D eigenvalue weighted by atomic mass is 16.5. The fourth-order valence-corrected chi connectivity index (χ4v) is 1.76. The van der Waals surface area contributed by atoms with Crippen molar-refractivity contribution in [3.63, 3.8) is 0 Å². The van der Waals surface area contributed by atoms with Crippen molar-refractivity contribution < 1.29 is 19.2 Å².